The van der Waals surface area contributed by atoms with Crippen molar-refractivity contribution in [2.75, 3.05) is 6.61 Å². The van der Waals surface area contributed by atoms with Gasteiger partial charge in [0.25, 0.3) is 0 Å². The summed E-state index contributed by atoms with van der Waals surface area (Å²) < 4.78 is 5.16. The first-order valence-corrected chi connectivity index (χ1v) is 4.04. The van der Waals surface area contributed by atoms with E-state index in [2.05, 4.69) is 0 Å². The lowest BCUT2D eigenvalue weighted by atomic mass is 10.2. The lowest BCUT2D eigenvalue weighted by Crippen LogP contribution is -2.05. The number of Topliss-reactive ketones (excluding diaryl/α,β-unsaturated/α-hetero) is 1. The molecule has 0 aromatic rings. The van der Waals surface area contributed by atoms with Crippen molar-refractivity contribution in [1.82, 2.24) is 0 Å². The Labute approximate surface area is 72.2 Å². The number of hydrogen-bond donors (Lipinski definition) is 0. The van der Waals surface area contributed by atoms with Gasteiger partial charge in [0.15, 0.2) is 5.76 Å². The molecule has 2 heteroatoms. The maximum absolute atomic E-state index is 11.3. The molecule has 0 N–H and O–H groups in total. The highest BCUT2D eigenvalue weighted by Crippen LogP contribution is 2.06. The molecular formula is C10H12O2. The van der Waals surface area contributed by atoms with Crippen LogP contribution < -0.4 is 0 Å². The lowest BCUT2D eigenvalue weighted by molar-refractivity contribution is -0.118. The molecule has 0 bridgehead atoms. The van der Waals surface area contributed by atoms with Gasteiger partial charge < -0.3 is 4.74 Å². The zero-order valence-corrected chi connectivity index (χ0v) is 7.12. The van der Waals surface area contributed by atoms with Crippen molar-refractivity contribution in [3.8, 4) is 0 Å². The monoisotopic (exact) mass is 164 g/mol. The third-order valence-corrected chi connectivity index (χ3v) is 1.48. The van der Waals surface area contributed by atoms with E-state index in [1.165, 1.54) is 0 Å². The Balaban J connectivity index is 2.74. The minimum Gasteiger partial charge on any atom is -0.490 e. The molecule has 1 aliphatic carbocycles. The van der Waals surface area contributed by atoms with E-state index in [0.717, 1.165) is 0 Å². The van der Waals surface area contributed by atoms with E-state index in [1.807, 2.05) is 25.2 Å². The number of allylic oxidation sites excluding steroid dienone is 6. The Morgan fingerprint density at radius 1 is 1.42 bits per heavy atom. The van der Waals surface area contributed by atoms with E-state index in [-0.39, 0.29) is 5.78 Å². The van der Waals surface area contributed by atoms with Gasteiger partial charge in [-0.25, -0.2) is 0 Å². The van der Waals surface area contributed by atoms with Crippen LogP contribution in [0.3, 0.4) is 0 Å². The van der Waals surface area contributed by atoms with Crippen LogP contribution >= 0.6 is 0 Å². The molecule has 2 nitrogen and oxygen atoms in total. The second-order valence-electron chi connectivity index (χ2n) is 2.40. The van der Waals surface area contributed by atoms with Crippen molar-refractivity contribution in [3.63, 3.8) is 0 Å². The topological polar surface area (TPSA) is 26.3 Å². The summed E-state index contributed by atoms with van der Waals surface area (Å²) in [6.45, 7) is 2.40. The summed E-state index contributed by atoms with van der Waals surface area (Å²) in [5, 5.41) is 0. The zero-order chi connectivity index (χ0) is 8.81. The molecular weight excluding hydrogens is 152 g/mol. The molecule has 0 atom stereocenters. The van der Waals surface area contributed by atoms with Crippen molar-refractivity contribution in [3.05, 3.63) is 36.1 Å². The number of ketones is 1. The van der Waals surface area contributed by atoms with E-state index in [0.29, 0.717) is 18.8 Å². The summed E-state index contributed by atoms with van der Waals surface area (Å²) in [7, 11) is 0. The first kappa shape index (κ1) is 8.78. The molecule has 0 heterocycles. The van der Waals surface area contributed by atoms with Crippen LogP contribution in [0.2, 0.25) is 0 Å². The summed E-state index contributed by atoms with van der Waals surface area (Å²) in [5.41, 5.74) is 0. The highest BCUT2D eigenvalue weighted by Gasteiger charge is 2.07. The van der Waals surface area contributed by atoms with E-state index in [9.17, 15) is 4.79 Å². The highest BCUT2D eigenvalue weighted by molar-refractivity contribution is 5.94. The molecule has 1 aliphatic rings. The van der Waals surface area contributed by atoms with Crippen LogP contribution in [0.15, 0.2) is 36.1 Å². The summed E-state index contributed by atoms with van der Waals surface area (Å²) in [5.74, 6) is 0.496. The molecule has 0 fully saturated rings. The SMILES string of the molecule is CCOC1=CC=CC=CCC1=O. The molecule has 0 unspecified atom stereocenters. The van der Waals surface area contributed by atoms with Gasteiger partial charge in [-0.05, 0) is 13.0 Å². The summed E-state index contributed by atoms with van der Waals surface area (Å²) >= 11 is 0. The van der Waals surface area contributed by atoms with Crippen molar-refractivity contribution in [2.24, 2.45) is 0 Å². The van der Waals surface area contributed by atoms with Gasteiger partial charge in [-0.3, -0.25) is 4.79 Å². The third-order valence-electron chi connectivity index (χ3n) is 1.48. The average Bonchev–Trinajstić information content (AvgIpc) is 2.05. The molecule has 0 aromatic heterocycles. The Kier molecular flexibility index (Phi) is 3.33. The predicted octanol–water partition coefficient (Wildman–Crippen LogP) is 1.99. The number of carbonyl (C=O) groups is 1. The quantitative estimate of drug-likeness (QED) is 0.624. The average molecular weight is 164 g/mol. The standard InChI is InChI=1S/C10H12O2/c1-2-12-10-8-6-4-3-5-7-9(10)11/h3-6,8H,2,7H2,1H3. The van der Waals surface area contributed by atoms with Crippen molar-refractivity contribution in [2.45, 2.75) is 13.3 Å². The Hall–Kier alpha value is -1.31. The molecule has 0 aliphatic heterocycles. The van der Waals surface area contributed by atoms with Gasteiger partial charge >= 0.3 is 0 Å². The lowest BCUT2D eigenvalue weighted by Gasteiger charge is -2.05. The van der Waals surface area contributed by atoms with E-state index in [4.69, 9.17) is 4.74 Å². The predicted molar refractivity (Wildman–Crippen MR) is 47.6 cm³/mol. The second-order valence-corrected chi connectivity index (χ2v) is 2.40. The maximum atomic E-state index is 11.3. The van der Waals surface area contributed by atoms with Crippen LogP contribution in [0, 0.1) is 0 Å². The second kappa shape index (κ2) is 4.54. The number of ether oxygens (including phenoxy) is 1. The van der Waals surface area contributed by atoms with Crippen LogP contribution in [-0.2, 0) is 9.53 Å². The number of rotatable bonds is 2. The van der Waals surface area contributed by atoms with Gasteiger partial charge in [0.05, 0.1) is 6.61 Å². The van der Waals surface area contributed by atoms with E-state index in [1.54, 1.807) is 12.2 Å². The Morgan fingerprint density at radius 2 is 2.25 bits per heavy atom. The van der Waals surface area contributed by atoms with Crippen molar-refractivity contribution < 1.29 is 9.53 Å². The van der Waals surface area contributed by atoms with Crippen LogP contribution in [0.4, 0.5) is 0 Å². The fourth-order valence-corrected chi connectivity index (χ4v) is 0.938. The largest absolute Gasteiger partial charge is 0.490 e. The molecule has 64 valence electrons. The smallest absolute Gasteiger partial charge is 0.201 e. The van der Waals surface area contributed by atoms with Gasteiger partial charge in [-0.15, -0.1) is 0 Å². The first-order chi connectivity index (χ1) is 5.84. The van der Waals surface area contributed by atoms with Crippen LogP contribution in [0.1, 0.15) is 13.3 Å². The number of hydrogen-bond acceptors (Lipinski definition) is 2. The molecule has 0 spiro atoms. The normalized spacial score (nSPS) is 16.8. The van der Waals surface area contributed by atoms with Crippen LogP contribution in [-0.4, -0.2) is 12.4 Å². The minimum absolute atomic E-state index is 0.0393. The molecule has 12 heavy (non-hydrogen) atoms. The third kappa shape index (κ3) is 2.38. The molecule has 1 rings (SSSR count). The van der Waals surface area contributed by atoms with E-state index >= 15 is 0 Å². The molecule has 0 aromatic carbocycles. The van der Waals surface area contributed by atoms with Gasteiger partial charge in [0.2, 0.25) is 5.78 Å². The van der Waals surface area contributed by atoms with Crippen LogP contribution in [0.5, 0.6) is 0 Å². The highest BCUT2D eigenvalue weighted by atomic mass is 16.5. The van der Waals surface area contributed by atoms with Gasteiger partial charge in [-0.1, -0.05) is 24.3 Å². The minimum atomic E-state index is 0.0393. The van der Waals surface area contributed by atoms with Gasteiger partial charge in [-0.2, -0.15) is 0 Å². The molecule has 0 saturated carbocycles. The fourth-order valence-electron chi connectivity index (χ4n) is 0.938. The maximum Gasteiger partial charge on any atom is 0.201 e. The Bertz CT molecular complexity index is 247. The summed E-state index contributed by atoms with van der Waals surface area (Å²) in [6, 6.07) is 0. The summed E-state index contributed by atoms with van der Waals surface area (Å²) in [4.78, 5) is 11.3. The number of carbonyl (C=O) groups excluding carboxylic acids is 1. The summed E-state index contributed by atoms with van der Waals surface area (Å²) in [6.07, 6.45) is 9.50. The fraction of sp³-hybridized carbons (Fsp3) is 0.300. The molecule has 0 amide bonds. The Morgan fingerprint density at radius 3 is 3.00 bits per heavy atom. The van der Waals surface area contributed by atoms with Gasteiger partial charge in [0.1, 0.15) is 0 Å². The molecule has 0 radical (unpaired) electrons. The van der Waals surface area contributed by atoms with E-state index < -0.39 is 0 Å². The van der Waals surface area contributed by atoms with Crippen molar-refractivity contribution >= 4 is 5.78 Å². The first-order valence-electron chi connectivity index (χ1n) is 4.04. The van der Waals surface area contributed by atoms with Gasteiger partial charge in [0, 0.05) is 6.42 Å². The molecule has 0 saturated heterocycles. The van der Waals surface area contributed by atoms with Crippen LogP contribution in [0.25, 0.3) is 0 Å². The zero-order valence-electron chi connectivity index (χ0n) is 7.12. The van der Waals surface area contributed by atoms with Crippen molar-refractivity contribution in [1.29, 1.82) is 0 Å².